The number of hydrogen-bond donors (Lipinski definition) is 4. The summed E-state index contributed by atoms with van der Waals surface area (Å²) in [6, 6.07) is -0.625. The molecule has 0 bridgehead atoms. The molecule has 180 valence electrons. The van der Waals surface area contributed by atoms with Crippen LogP contribution in [0.25, 0.3) is 11.2 Å². The Morgan fingerprint density at radius 3 is 2.69 bits per heavy atom. The van der Waals surface area contributed by atoms with Crippen molar-refractivity contribution in [2.24, 2.45) is 0 Å². The number of hydrogen-bond acceptors (Lipinski definition) is 10. The largest absolute Gasteiger partial charge is 0.394 e. The van der Waals surface area contributed by atoms with E-state index in [9.17, 15) is 19.7 Å². The van der Waals surface area contributed by atoms with Gasteiger partial charge in [-0.15, -0.1) is 0 Å². The number of halogens is 1. The van der Waals surface area contributed by atoms with Gasteiger partial charge in [0.2, 0.25) is 5.28 Å². The second kappa shape index (κ2) is 11.2. The van der Waals surface area contributed by atoms with Crippen LogP contribution in [-0.4, -0.2) is 86.7 Å². The summed E-state index contributed by atoms with van der Waals surface area (Å²) in [7, 11) is -1.41. The van der Waals surface area contributed by atoms with E-state index in [2.05, 4.69) is 24.8 Å². The average molecular weight is 494 g/mol. The van der Waals surface area contributed by atoms with E-state index in [1.807, 2.05) is 0 Å². The fourth-order valence-corrected chi connectivity index (χ4v) is 4.35. The van der Waals surface area contributed by atoms with E-state index in [1.165, 1.54) is 18.0 Å². The van der Waals surface area contributed by atoms with Crippen molar-refractivity contribution in [1.82, 2.24) is 19.5 Å². The number of nitrogens with zero attached hydrogens (tertiary/aromatic N) is 4. The first-order chi connectivity index (χ1) is 15.3. The Hall–Kier alpha value is -1.37. The third-order valence-corrected chi connectivity index (χ3v) is 6.78. The van der Waals surface area contributed by atoms with Gasteiger partial charge in [0, 0.05) is 20.3 Å². The highest BCUT2D eigenvalue weighted by molar-refractivity contribution is 7.52. The number of anilines is 1. The van der Waals surface area contributed by atoms with Crippen LogP contribution in [-0.2, 0) is 18.6 Å². The van der Waals surface area contributed by atoms with Crippen molar-refractivity contribution in [1.29, 1.82) is 0 Å². The van der Waals surface area contributed by atoms with Crippen molar-refractivity contribution >= 4 is 36.2 Å². The number of ether oxygens (including phenoxy) is 2. The molecule has 0 saturated heterocycles. The van der Waals surface area contributed by atoms with Gasteiger partial charge in [-0.2, -0.15) is 9.97 Å². The van der Waals surface area contributed by atoms with Crippen molar-refractivity contribution < 1.29 is 33.7 Å². The lowest BCUT2D eigenvalue weighted by Crippen LogP contribution is -2.41. The zero-order chi connectivity index (χ0) is 23.3. The first-order valence-electron chi connectivity index (χ1n) is 10.2. The molecule has 0 amide bonds. The van der Waals surface area contributed by atoms with Crippen molar-refractivity contribution in [3.05, 3.63) is 11.6 Å². The van der Waals surface area contributed by atoms with Crippen LogP contribution in [0, 0.1) is 0 Å². The van der Waals surface area contributed by atoms with Crippen molar-refractivity contribution in [2.45, 2.75) is 50.0 Å². The van der Waals surface area contributed by atoms with E-state index < -0.39 is 38.8 Å². The summed E-state index contributed by atoms with van der Waals surface area (Å²) in [5.74, 6) is 0.502. The SMILES string of the molecule is CO[C@H](COCP(=O)(O)OC)[C@@H](O)[C@@H](CO)n1cnc2c(NC3CCCC3)nc(Cl)nc21. The molecule has 0 radical (unpaired) electrons. The Bertz CT molecular complexity index is 942. The van der Waals surface area contributed by atoms with Crippen LogP contribution in [0.5, 0.6) is 0 Å². The van der Waals surface area contributed by atoms with E-state index in [0.717, 1.165) is 32.8 Å². The van der Waals surface area contributed by atoms with E-state index in [-0.39, 0.29) is 17.9 Å². The van der Waals surface area contributed by atoms with Gasteiger partial charge in [-0.25, -0.2) is 4.98 Å². The van der Waals surface area contributed by atoms with E-state index in [4.69, 9.17) is 21.1 Å². The maximum Gasteiger partial charge on any atom is 0.353 e. The maximum atomic E-state index is 11.6. The number of aromatic nitrogens is 4. The molecule has 0 aromatic carbocycles. The molecule has 1 aliphatic carbocycles. The minimum Gasteiger partial charge on any atom is -0.394 e. The normalized spacial score (nSPS) is 19.7. The molecule has 32 heavy (non-hydrogen) atoms. The average Bonchev–Trinajstić information content (AvgIpc) is 3.42. The van der Waals surface area contributed by atoms with E-state index >= 15 is 0 Å². The minimum atomic E-state index is -3.87. The summed E-state index contributed by atoms with van der Waals surface area (Å²) >= 11 is 6.15. The Morgan fingerprint density at radius 1 is 1.34 bits per heavy atom. The number of nitrogens with one attached hydrogen (secondary N) is 1. The number of methoxy groups -OCH3 is 1. The van der Waals surface area contributed by atoms with Gasteiger partial charge in [-0.1, -0.05) is 12.8 Å². The van der Waals surface area contributed by atoms with Crippen LogP contribution in [0.15, 0.2) is 6.33 Å². The molecular formula is C18H29ClN5O7P. The van der Waals surface area contributed by atoms with Crippen LogP contribution in [0.3, 0.4) is 0 Å². The Labute approximate surface area is 190 Å². The van der Waals surface area contributed by atoms with Gasteiger partial charge in [-0.3, -0.25) is 4.57 Å². The quantitative estimate of drug-likeness (QED) is 0.251. The molecule has 4 atom stereocenters. The van der Waals surface area contributed by atoms with Crippen molar-refractivity contribution in [3.8, 4) is 0 Å². The number of aliphatic hydroxyl groups is 2. The van der Waals surface area contributed by atoms with Gasteiger partial charge in [0.25, 0.3) is 0 Å². The topological polar surface area (TPSA) is 161 Å². The molecule has 1 unspecified atom stereocenters. The Morgan fingerprint density at radius 2 is 2.06 bits per heavy atom. The fourth-order valence-electron chi connectivity index (χ4n) is 3.75. The first-order valence-corrected chi connectivity index (χ1v) is 12.4. The third-order valence-electron chi connectivity index (χ3n) is 5.53. The van der Waals surface area contributed by atoms with Gasteiger partial charge in [0.05, 0.1) is 25.6 Å². The molecule has 1 aliphatic rings. The molecule has 4 N–H and O–H groups in total. The molecule has 0 spiro atoms. The third kappa shape index (κ3) is 5.95. The van der Waals surface area contributed by atoms with Crippen molar-refractivity contribution in [2.75, 3.05) is 39.1 Å². The summed E-state index contributed by atoms with van der Waals surface area (Å²) in [6.45, 7) is -0.672. The monoisotopic (exact) mass is 493 g/mol. The zero-order valence-corrected chi connectivity index (χ0v) is 19.6. The molecule has 12 nitrogen and oxygen atoms in total. The lowest BCUT2D eigenvalue weighted by Gasteiger charge is -2.29. The van der Waals surface area contributed by atoms with Crippen LogP contribution >= 0.6 is 19.2 Å². The van der Waals surface area contributed by atoms with Crippen LogP contribution in [0.4, 0.5) is 5.82 Å². The molecule has 2 aromatic heterocycles. The Kier molecular flexibility index (Phi) is 8.82. The molecule has 1 fully saturated rings. The predicted octanol–water partition coefficient (Wildman–Crippen LogP) is 1.55. The number of rotatable bonds is 12. The lowest BCUT2D eigenvalue weighted by molar-refractivity contribution is -0.0802. The molecular weight excluding hydrogens is 465 g/mol. The van der Waals surface area contributed by atoms with Gasteiger partial charge in [-0.05, 0) is 24.4 Å². The molecule has 2 aromatic rings. The molecule has 1 saturated carbocycles. The molecule has 2 heterocycles. The number of imidazole rings is 1. The summed E-state index contributed by atoms with van der Waals surface area (Å²) < 4.78 is 28.0. The van der Waals surface area contributed by atoms with E-state index in [0.29, 0.717) is 17.0 Å². The number of aliphatic hydroxyl groups excluding tert-OH is 2. The first kappa shape index (κ1) is 25.3. The summed E-state index contributed by atoms with van der Waals surface area (Å²) in [5.41, 5.74) is 0.817. The highest BCUT2D eigenvalue weighted by Crippen LogP contribution is 2.40. The Balaban J connectivity index is 1.81. The van der Waals surface area contributed by atoms with Crippen LogP contribution in [0.2, 0.25) is 5.28 Å². The maximum absolute atomic E-state index is 11.6. The number of fused-ring (bicyclic) bond motifs is 1. The zero-order valence-electron chi connectivity index (χ0n) is 17.9. The highest BCUT2D eigenvalue weighted by Gasteiger charge is 2.32. The molecule has 0 aliphatic heterocycles. The second-order valence-corrected chi connectivity index (χ2v) is 9.86. The predicted molar refractivity (Wildman–Crippen MR) is 117 cm³/mol. The molecule has 14 heteroatoms. The summed E-state index contributed by atoms with van der Waals surface area (Å²) in [4.78, 5) is 22.3. The van der Waals surface area contributed by atoms with Crippen LogP contribution < -0.4 is 5.32 Å². The highest BCUT2D eigenvalue weighted by atomic mass is 35.5. The van der Waals surface area contributed by atoms with Crippen LogP contribution in [0.1, 0.15) is 31.7 Å². The standard InChI is InChI=1S/C18H29ClN5O7P/c1-29-13(8-31-10-32(27,28)30-2)15(26)12(7-25)24-9-20-14-16(21-11-5-3-4-6-11)22-18(19)23-17(14)24/h9,11-13,15,25-26H,3-8,10H2,1-2H3,(H,27,28)(H,21,22,23)/t12-,13-,15+/m1/s1. The van der Waals surface area contributed by atoms with Gasteiger partial charge < -0.3 is 39.0 Å². The smallest absolute Gasteiger partial charge is 0.353 e. The van der Waals surface area contributed by atoms with Gasteiger partial charge in [0.1, 0.15) is 18.6 Å². The summed E-state index contributed by atoms with van der Waals surface area (Å²) in [5, 5.41) is 24.3. The van der Waals surface area contributed by atoms with E-state index in [1.54, 1.807) is 0 Å². The second-order valence-electron chi connectivity index (χ2n) is 7.63. The minimum absolute atomic E-state index is 0.0100. The molecule has 3 rings (SSSR count). The van der Waals surface area contributed by atoms with Gasteiger partial charge in [0.15, 0.2) is 17.0 Å². The summed E-state index contributed by atoms with van der Waals surface area (Å²) in [6.07, 6.45) is 3.04. The lowest BCUT2D eigenvalue weighted by atomic mass is 10.1. The van der Waals surface area contributed by atoms with Gasteiger partial charge >= 0.3 is 7.60 Å². The fraction of sp³-hybridized carbons (Fsp3) is 0.722. The van der Waals surface area contributed by atoms with Crippen molar-refractivity contribution in [3.63, 3.8) is 0 Å².